The molecule has 92 valence electrons. The molecule has 0 aliphatic heterocycles. The van der Waals surface area contributed by atoms with Gasteiger partial charge in [-0.05, 0) is 30.5 Å². The fourth-order valence-electron chi connectivity index (χ4n) is 1.79. The SMILES string of the molecule is CCc1ccc(C(=O)c2ccc(C)c(Br)c2)cc1. The molecule has 0 atom stereocenters. The summed E-state index contributed by atoms with van der Waals surface area (Å²) in [5.41, 5.74) is 3.84. The Bertz CT molecular complexity index is 570. The molecule has 2 aromatic rings. The van der Waals surface area contributed by atoms with Crippen LogP contribution in [0.3, 0.4) is 0 Å². The van der Waals surface area contributed by atoms with Crippen LogP contribution in [0.25, 0.3) is 0 Å². The van der Waals surface area contributed by atoms with Crippen LogP contribution >= 0.6 is 15.9 Å². The van der Waals surface area contributed by atoms with E-state index in [4.69, 9.17) is 0 Å². The molecule has 0 fully saturated rings. The van der Waals surface area contributed by atoms with Crippen LogP contribution in [0.15, 0.2) is 46.9 Å². The molecule has 18 heavy (non-hydrogen) atoms. The second kappa shape index (κ2) is 5.49. The molecular formula is C16H15BrO. The maximum absolute atomic E-state index is 12.3. The van der Waals surface area contributed by atoms with E-state index in [0.29, 0.717) is 0 Å². The Hall–Kier alpha value is -1.41. The maximum atomic E-state index is 12.3. The molecule has 0 bridgehead atoms. The number of ketones is 1. The minimum Gasteiger partial charge on any atom is -0.289 e. The van der Waals surface area contributed by atoms with Gasteiger partial charge < -0.3 is 0 Å². The van der Waals surface area contributed by atoms with E-state index in [2.05, 4.69) is 22.9 Å². The summed E-state index contributed by atoms with van der Waals surface area (Å²) in [5, 5.41) is 0. The van der Waals surface area contributed by atoms with E-state index in [9.17, 15) is 4.79 Å². The highest BCUT2D eigenvalue weighted by molar-refractivity contribution is 9.10. The van der Waals surface area contributed by atoms with Gasteiger partial charge >= 0.3 is 0 Å². The molecule has 0 saturated heterocycles. The maximum Gasteiger partial charge on any atom is 0.193 e. The highest BCUT2D eigenvalue weighted by Crippen LogP contribution is 2.20. The molecule has 0 aliphatic rings. The van der Waals surface area contributed by atoms with E-state index in [-0.39, 0.29) is 5.78 Å². The summed E-state index contributed by atoms with van der Waals surface area (Å²) in [4.78, 5) is 12.3. The Balaban J connectivity index is 2.32. The first kappa shape index (κ1) is 13.0. The fraction of sp³-hybridized carbons (Fsp3) is 0.188. The Morgan fingerprint density at radius 1 is 1.06 bits per heavy atom. The van der Waals surface area contributed by atoms with Crippen molar-refractivity contribution in [2.45, 2.75) is 20.3 Å². The van der Waals surface area contributed by atoms with Crippen molar-refractivity contribution in [3.8, 4) is 0 Å². The van der Waals surface area contributed by atoms with Crippen LogP contribution in [0.1, 0.15) is 34.0 Å². The number of halogens is 1. The van der Waals surface area contributed by atoms with Gasteiger partial charge in [0, 0.05) is 15.6 Å². The molecule has 0 saturated carbocycles. The first-order valence-electron chi connectivity index (χ1n) is 6.01. The van der Waals surface area contributed by atoms with Crippen LogP contribution in [0.4, 0.5) is 0 Å². The molecule has 2 aromatic carbocycles. The number of rotatable bonds is 3. The molecule has 0 heterocycles. The highest BCUT2D eigenvalue weighted by atomic mass is 79.9. The molecule has 0 aliphatic carbocycles. The average molecular weight is 303 g/mol. The lowest BCUT2D eigenvalue weighted by Gasteiger charge is -2.05. The van der Waals surface area contributed by atoms with Gasteiger partial charge in [0.1, 0.15) is 0 Å². The summed E-state index contributed by atoms with van der Waals surface area (Å²) in [6.07, 6.45) is 0.991. The highest BCUT2D eigenvalue weighted by Gasteiger charge is 2.09. The first-order valence-corrected chi connectivity index (χ1v) is 6.81. The molecule has 0 spiro atoms. The normalized spacial score (nSPS) is 10.4. The van der Waals surface area contributed by atoms with E-state index in [1.807, 2.05) is 49.4 Å². The largest absolute Gasteiger partial charge is 0.289 e. The molecule has 0 radical (unpaired) electrons. The summed E-state index contributed by atoms with van der Waals surface area (Å²) in [7, 11) is 0. The summed E-state index contributed by atoms with van der Waals surface area (Å²) in [5.74, 6) is 0.0679. The van der Waals surface area contributed by atoms with Crippen LogP contribution in [0.5, 0.6) is 0 Å². The quantitative estimate of drug-likeness (QED) is 0.760. The Morgan fingerprint density at radius 2 is 1.67 bits per heavy atom. The number of aryl methyl sites for hydroxylation is 2. The topological polar surface area (TPSA) is 17.1 Å². The van der Waals surface area contributed by atoms with Crippen molar-refractivity contribution in [2.24, 2.45) is 0 Å². The zero-order valence-electron chi connectivity index (χ0n) is 10.5. The van der Waals surface area contributed by atoms with Crippen LogP contribution in [-0.2, 0) is 6.42 Å². The van der Waals surface area contributed by atoms with Crippen molar-refractivity contribution in [3.63, 3.8) is 0 Å². The molecule has 0 aromatic heterocycles. The van der Waals surface area contributed by atoms with Gasteiger partial charge in [0.2, 0.25) is 0 Å². The molecule has 2 heteroatoms. The van der Waals surface area contributed by atoms with Gasteiger partial charge in [-0.3, -0.25) is 4.79 Å². The number of carbonyl (C=O) groups excluding carboxylic acids is 1. The predicted molar refractivity (Wildman–Crippen MR) is 78.1 cm³/mol. The molecule has 2 rings (SSSR count). The minimum absolute atomic E-state index is 0.0679. The van der Waals surface area contributed by atoms with Crippen molar-refractivity contribution < 1.29 is 4.79 Å². The summed E-state index contributed by atoms with van der Waals surface area (Å²) in [6, 6.07) is 13.5. The van der Waals surface area contributed by atoms with Crippen LogP contribution in [0.2, 0.25) is 0 Å². The van der Waals surface area contributed by atoms with E-state index < -0.39 is 0 Å². The minimum atomic E-state index is 0.0679. The Kier molecular flexibility index (Phi) is 3.97. The van der Waals surface area contributed by atoms with E-state index in [1.54, 1.807) is 0 Å². The third kappa shape index (κ3) is 2.70. The first-order chi connectivity index (χ1) is 8.61. The van der Waals surface area contributed by atoms with Gasteiger partial charge in [0.05, 0.1) is 0 Å². The lowest BCUT2D eigenvalue weighted by molar-refractivity contribution is 0.103. The van der Waals surface area contributed by atoms with Gasteiger partial charge in [-0.25, -0.2) is 0 Å². The van der Waals surface area contributed by atoms with Crippen molar-refractivity contribution >= 4 is 21.7 Å². The zero-order valence-corrected chi connectivity index (χ0v) is 12.1. The average Bonchev–Trinajstić information content (AvgIpc) is 2.41. The van der Waals surface area contributed by atoms with Crippen LogP contribution < -0.4 is 0 Å². The van der Waals surface area contributed by atoms with Crippen molar-refractivity contribution in [2.75, 3.05) is 0 Å². The van der Waals surface area contributed by atoms with E-state index in [0.717, 1.165) is 27.6 Å². The predicted octanol–water partition coefficient (Wildman–Crippen LogP) is 4.55. The van der Waals surface area contributed by atoms with Crippen LogP contribution in [-0.4, -0.2) is 5.78 Å². The second-order valence-corrected chi connectivity index (χ2v) is 5.20. The number of carbonyl (C=O) groups is 1. The third-order valence-corrected chi connectivity index (χ3v) is 3.91. The van der Waals surface area contributed by atoms with Crippen molar-refractivity contribution in [1.82, 2.24) is 0 Å². The third-order valence-electron chi connectivity index (χ3n) is 3.06. The van der Waals surface area contributed by atoms with Gasteiger partial charge in [0.25, 0.3) is 0 Å². The van der Waals surface area contributed by atoms with Crippen molar-refractivity contribution in [3.05, 3.63) is 69.2 Å². The second-order valence-electron chi connectivity index (χ2n) is 4.34. The molecule has 0 unspecified atom stereocenters. The van der Waals surface area contributed by atoms with Gasteiger partial charge in [-0.2, -0.15) is 0 Å². The van der Waals surface area contributed by atoms with Crippen LogP contribution in [0, 0.1) is 6.92 Å². The lowest BCUT2D eigenvalue weighted by Crippen LogP contribution is -2.01. The fourth-order valence-corrected chi connectivity index (χ4v) is 2.17. The lowest BCUT2D eigenvalue weighted by atomic mass is 10.0. The molecular weight excluding hydrogens is 288 g/mol. The summed E-state index contributed by atoms with van der Waals surface area (Å²) < 4.78 is 0.971. The molecule has 1 nitrogen and oxygen atoms in total. The number of benzene rings is 2. The molecule has 0 N–H and O–H groups in total. The Morgan fingerprint density at radius 3 is 2.22 bits per heavy atom. The van der Waals surface area contributed by atoms with E-state index >= 15 is 0 Å². The van der Waals surface area contributed by atoms with E-state index in [1.165, 1.54) is 5.56 Å². The Labute approximate surface area is 116 Å². The van der Waals surface area contributed by atoms with Gasteiger partial charge in [-0.15, -0.1) is 0 Å². The van der Waals surface area contributed by atoms with Gasteiger partial charge in [0.15, 0.2) is 5.78 Å². The zero-order chi connectivity index (χ0) is 13.1. The number of hydrogen-bond acceptors (Lipinski definition) is 1. The smallest absolute Gasteiger partial charge is 0.193 e. The molecule has 0 amide bonds. The summed E-state index contributed by atoms with van der Waals surface area (Å²) >= 11 is 3.46. The number of hydrogen-bond donors (Lipinski definition) is 0. The standard InChI is InChI=1S/C16H15BrO/c1-3-12-5-8-13(9-6-12)16(18)14-7-4-11(2)15(17)10-14/h4-10H,3H2,1-2H3. The monoisotopic (exact) mass is 302 g/mol. The van der Waals surface area contributed by atoms with Gasteiger partial charge in [-0.1, -0.05) is 59.3 Å². The summed E-state index contributed by atoms with van der Waals surface area (Å²) in [6.45, 7) is 4.11. The van der Waals surface area contributed by atoms with Crippen molar-refractivity contribution in [1.29, 1.82) is 0 Å².